The van der Waals surface area contributed by atoms with Crippen molar-refractivity contribution >= 4 is 28.5 Å². The molecule has 0 radical (unpaired) electrons. The van der Waals surface area contributed by atoms with Crippen LogP contribution in [0.25, 0.3) is 0 Å². The van der Waals surface area contributed by atoms with Crippen molar-refractivity contribution in [3.05, 3.63) is 65.0 Å². The van der Waals surface area contributed by atoms with Crippen molar-refractivity contribution in [1.82, 2.24) is 0 Å². The number of benzene rings is 2. The van der Waals surface area contributed by atoms with Crippen LogP contribution in [0, 0.1) is 17.5 Å². The number of nitrogens with two attached hydrogens (primary N) is 1. The second-order valence-corrected chi connectivity index (χ2v) is 7.20. The third kappa shape index (κ3) is 3.55. The minimum atomic E-state index is -1.68. The second kappa shape index (κ2) is 7.03. The molecule has 1 atom stereocenters. The second-order valence-electron chi connectivity index (χ2n) is 6.08. The van der Waals surface area contributed by atoms with Crippen LogP contribution < -0.4 is 11.1 Å². The molecule has 1 amide bonds. The summed E-state index contributed by atoms with van der Waals surface area (Å²) >= 11 is 1.48. The van der Waals surface area contributed by atoms with Gasteiger partial charge in [-0.05, 0) is 43.2 Å². The van der Waals surface area contributed by atoms with Gasteiger partial charge in [0.15, 0.2) is 22.6 Å². The molecule has 2 aromatic rings. The maximum atomic E-state index is 13.8. The van der Waals surface area contributed by atoms with Gasteiger partial charge in [0.25, 0.3) is 5.91 Å². The topological polar surface area (TPSA) is 67.5 Å². The molecule has 136 valence electrons. The number of rotatable bonds is 3. The summed E-state index contributed by atoms with van der Waals surface area (Å²) in [7, 11) is 0. The molecule has 1 aliphatic heterocycles. The number of nitrogens with one attached hydrogen (secondary N) is 1. The molecule has 1 heterocycles. The molecular weight excluding hydrogens is 363 g/mol. The summed E-state index contributed by atoms with van der Waals surface area (Å²) in [6, 6.07) is 8.53. The first kappa shape index (κ1) is 18.3. The van der Waals surface area contributed by atoms with Crippen molar-refractivity contribution in [3.63, 3.8) is 0 Å². The fraction of sp³-hybridized carbons (Fsp3) is 0.222. The molecule has 8 heteroatoms. The van der Waals surface area contributed by atoms with Gasteiger partial charge in [-0.25, -0.2) is 13.2 Å². The van der Waals surface area contributed by atoms with E-state index in [4.69, 9.17) is 5.73 Å². The van der Waals surface area contributed by atoms with E-state index >= 15 is 0 Å². The zero-order valence-corrected chi connectivity index (χ0v) is 14.7. The Balaban J connectivity index is 1.87. The summed E-state index contributed by atoms with van der Waals surface area (Å²) in [6.45, 7) is 1.94. The number of carbonyl (C=O) groups is 1. The van der Waals surface area contributed by atoms with Gasteiger partial charge in [0, 0.05) is 11.4 Å². The molecule has 0 aliphatic carbocycles. The van der Waals surface area contributed by atoms with Crippen molar-refractivity contribution in [3.8, 4) is 0 Å². The van der Waals surface area contributed by atoms with Crippen LogP contribution in [0.1, 0.15) is 29.3 Å². The van der Waals surface area contributed by atoms with E-state index in [0.29, 0.717) is 16.9 Å². The number of amides is 1. The molecule has 0 aromatic heterocycles. The van der Waals surface area contributed by atoms with E-state index in [0.717, 1.165) is 23.8 Å². The molecule has 1 aliphatic rings. The van der Waals surface area contributed by atoms with Crippen molar-refractivity contribution < 1.29 is 18.0 Å². The smallest absolute Gasteiger partial charge is 0.258 e. The summed E-state index contributed by atoms with van der Waals surface area (Å²) in [6.07, 6.45) is 0.771. The average Bonchev–Trinajstić information content (AvgIpc) is 2.60. The molecule has 26 heavy (non-hydrogen) atoms. The van der Waals surface area contributed by atoms with Crippen molar-refractivity contribution in [2.45, 2.75) is 18.9 Å². The number of carbonyl (C=O) groups excluding carboxylic acids is 1. The predicted molar refractivity (Wildman–Crippen MR) is 96.8 cm³/mol. The van der Waals surface area contributed by atoms with Gasteiger partial charge in [0.05, 0.1) is 11.1 Å². The summed E-state index contributed by atoms with van der Waals surface area (Å²) in [4.78, 5) is 16.7. The lowest BCUT2D eigenvalue weighted by atomic mass is 9.89. The third-order valence-electron chi connectivity index (χ3n) is 4.22. The normalized spacial score (nSPS) is 19.8. The maximum absolute atomic E-state index is 13.8. The van der Waals surface area contributed by atoms with E-state index in [2.05, 4.69) is 10.3 Å². The molecule has 0 fully saturated rings. The Bertz CT molecular complexity index is 903. The van der Waals surface area contributed by atoms with Gasteiger partial charge in [0.2, 0.25) is 0 Å². The Hall–Kier alpha value is -2.48. The van der Waals surface area contributed by atoms with Crippen LogP contribution >= 0.6 is 11.8 Å². The van der Waals surface area contributed by atoms with E-state index in [-0.39, 0.29) is 0 Å². The quantitative estimate of drug-likeness (QED) is 0.792. The minimum Gasteiger partial charge on any atom is -0.379 e. The standard InChI is InChI=1S/C18H16F3N3OS/c1-18(7-8-26-17(22)24-18)10-3-2-4-11(9-10)23-16(25)12-5-6-13(19)15(21)14(12)20/h2-6,9H,7-8H2,1H3,(H2,22,24)(H,23,25). The Morgan fingerprint density at radius 3 is 2.73 bits per heavy atom. The molecule has 4 nitrogen and oxygen atoms in total. The van der Waals surface area contributed by atoms with Gasteiger partial charge in [-0.3, -0.25) is 9.79 Å². The fourth-order valence-electron chi connectivity index (χ4n) is 2.73. The molecule has 3 N–H and O–H groups in total. The van der Waals surface area contributed by atoms with Gasteiger partial charge in [-0.2, -0.15) is 0 Å². The molecule has 2 aromatic carbocycles. The Kier molecular flexibility index (Phi) is 4.95. The summed E-state index contributed by atoms with van der Waals surface area (Å²) in [5.74, 6) is -4.59. The zero-order valence-electron chi connectivity index (χ0n) is 13.9. The van der Waals surface area contributed by atoms with Crippen molar-refractivity contribution in [2.75, 3.05) is 11.1 Å². The zero-order chi connectivity index (χ0) is 18.9. The summed E-state index contributed by atoms with van der Waals surface area (Å²) in [5.41, 5.74) is 5.95. The lowest BCUT2D eigenvalue weighted by Crippen LogP contribution is -2.28. The van der Waals surface area contributed by atoms with E-state index in [1.54, 1.807) is 18.2 Å². The first-order chi connectivity index (χ1) is 12.3. The van der Waals surface area contributed by atoms with Crippen LogP contribution in [0.5, 0.6) is 0 Å². The first-order valence-corrected chi connectivity index (χ1v) is 8.82. The lowest BCUT2D eigenvalue weighted by molar-refractivity contribution is 0.102. The van der Waals surface area contributed by atoms with Crippen LogP contribution in [0.15, 0.2) is 41.4 Å². The first-order valence-electron chi connectivity index (χ1n) is 7.84. The monoisotopic (exact) mass is 379 g/mol. The maximum Gasteiger partial charge on any atom is 0.258 e. The fourth-order valence-corrected chi connectivity index (χ4v) is 3.70. The highest BCUT2D eigenvalue weighted by molar-refractivity contribution is 8.13. The van der Waals surface area contributed by atoms with E-state index in [1.807, 2.05) is 13.0 Å². The van der Waals surface area contributed by atoms with E-state index < -0.39 is 34.5 Å². The highest BCUT2D eigenvalue weighted by Crippen LogP contribution is 2.35. The van der Waals surface area contributed by atoms with Crippen molar-refractivity contribution in [1.29, 1.82) is 0 Å². The molecule has 0 saturated carbocycles. The lowest BCUT2D eigenvalue weighted by Gasteiger charge is -2.30. The van der Waals surface area contributed by atoms with Crippen molar-refractivity contribution in [2.24, 2.45) is 10.7 Å². The van der Waals surface area contributed by atoms with Gasteiger partial charge < -0.3 is 11.1 Å². The highest BCUT2D eigenvalue weighted by atomic mass is 32.2. The number of hydrogen-bond donors (Lipinski definition) is 2. The molecule has 1 unspecified atom stereocenters. The summed E-state index contributed by atoms with van der Waals surface area (Å²) in [5, 5.41) is 3.00. The van der Waals surface area contributed by atoms with Gasteiger partial charge >= 0.3 is 0 Å². The number of nitrogens with zero attached hydrogens (tertiary/aromatic N) is 1. The van der Waals surface area contributed by atoms with Gasteiger partial charge in [0.1, 0.15) is 0 Å². The Morgan fingerprint density at radius 2 is 2.00 bits per heavy atom. The predicted octanol–water partition coefficient (Wildman–Crippen LogP) is 4.02. The number of anilines is 1. The van der Waals surface area contributed by atoms with Crippen LogP contribution in [-0.4, -0.2) is 16.8 Å². The number of aliphatic imine (C=N–C) groups is 1. The molecule has 0 spiro atoms. The number of halogens is 3. The Morgan fingerprint density at radius 1 is 1.23 bits per heavy atom. The van der Waals surface area contributed by atoms with E-state index in [9.17, 15) is 18.0 Å². The molecule has 0 bridgehead atoms. The molecule has 0 saturated heterocycles. The number of hydrogen-bond acceptors (Lipinski definition) is 4. The summed E-state index contributed by atoms with van der Waals surface area (Å²) < 4.78 is 40.1. The molecular formula is C18H16F3N3OS. The molecule has 3 rings (SSSR count). The van der Waals surface area contributed by atoms with Crippen LogP contribution in [0.3, 0.4) is 0 Å². The van der Waals surface area contributed by atoms with Gasteiger partial charge in [-0.1, -0.05) is 23.9 Å². The van der Waals surface area contributed by atoms with Gasteiger partial charge in [-0.15, -0.1) is 0 Å². The van der Waals surface area contributed by atoms with Crippen LogP contribution in [-0.2, 0) is 5.54 Å². The third-order valence-corrected chi connectivity index (χ3v) is 5.01. The minimum absolute atomic E-state index is 0.393. The number of amidine groups is 1. The largest absolute Gasteiger partial charge is 0.379 e. The average molecular weight is 379 g/mol. The Labute approximate surface area is 152 Å². The SMILES string of the molecule is CC1(c2cccc(NC(=O)c3ccc(F)c(F)c3F)c2)CCSC(N)=N1. The highest BCUT2D eigenvalue weighted by Gasteiger charge is 2.29. The van der Waals surface area contributed by atoms with Crippen LogP contribution in [0.2, 0.25) is 0 Å². The van der Waals surface area contributed by atoms with E-state index in [1.165, 1.54) is 11.8 Å². The number of thioether (sulfide) groups is 1. The van der Waals surface area contributed by atoms with Crippen LogP contribution in [0.4, 0.5) is 18.9 Å².